The highest BCUT2D eigenvalue weighted by Crippen LogP contribution is 2.42. The molecule has 110 valence electrons. The zero-order chi connectivity index (χ0) is 15.9. The molecular formula is C9H2ClF6NO3. The average Bonchev–Trinajstić information content (AvgIpc) is 2.23. The first-order chi connectivity index (χ1) is 8.87. The van der Waals surface area contributed by atoms with E-state index in [9.17, 15) is 41.3 Å². The van der Waals surface area contributed by atoms with Crippen molar-refractivity contribution in [1.82, 2.24) is 0 Å². The van der Waals surface area contributed by atoms with Crippen molar-refractivity contribution in [2.24, 2.45) is 0 Å². The molecule has 1 aromatic carbocycles. The lowest BCUT2D eigenvalue weighted by molar-refractivity contribution is -0.385. The molecule has 1 rings (SSSR count). The number of carbonyl (C=O) groups excluding carboxylic acids is 1. The molecule has 0 saturated heterocycles. The standard InChI is InChI=1S/C9H2ClF6NO3/c10-6-4(17(19)20)2-1-3(5(6)8(11,12)13)7(18)9(14,15)16/h1-2H. The summed E-state index contributed by atoms with van der Waals surface area (Å²) in [6.45, 7) is 0. The van der Waals surface area contributed by atoms with Crippen LogP contribution in [-0.4, -0.2) is 16.9 Å². The Morgan fingerprint density at radius 3 is 2.00 bits per heavy atom. The molecule has 0 amide bonds. The molecule has 0 radical (unpaired) electrons. The van der Waals surface area contributed by atoms with Crippen molar-refractivity contribution in [1.29, 1.82) is 0 Å². The summed E-state index contributed by atoms with van der Waals surface area (Å²) in [5, 5.41) is 8.85. The summed E-state index contributed by atoms with van der Waals surface area (Å²) in [7, 11) is 0. The van der Waals surface area contributed by atoms with Gasteiger partial charge in [0.1, 0.15) is 5.02 Å². The van der Waals surface area contributed by atoms with Crippen molar-refractivity contribution in [2.75, 3.05) is 0 Å². The summed E-state index contributed by atoms with van der Waals surface area (Å²) in [5.41, 5.74) is -5.23. The lowest BCUT2D eigenvalue weighted by Crippen LogP contribution is -2.26. The molecule has 0 fully saturated rings. The molecule has 0 N–H and O–H groups in total. The van der Waals surface area contributed by atoms with Gasteiger partial charge in [-0.2, -0.15) is 26.3 Å². The van der Waals surface area contributed by atoms with Crippen molar-refractivity contribution < 1.29 is 36.1 Å². The van der Waals surface area contributed by atoms with Gasteiger partial charge in [0.2, 0.25) is 0 Å². The second-order valence-electron chi connectivity index (χ2n) is 3.40. The van der Waals surface area contributed by atoms with Crippen molar-refractivity contribution >= 4 is 23.1 Å². The monoisotopic (exact) mass is 321 g/mol. The summed E-state index contributed by atoms with van der Waals surface area (Å²) < 4.78 is 74.6. The first-order valence-corrected chi connectivity index (χ1v) is 4.90. The fourth-order valence-electron chi connectivity index (χ4n) is 1.33. The van der Waals surface area contributed by atoms with Gasteiger partial charge in [-0.1, -0.05) is 11.6 Å². The van der Waals surface area contributed by atoms with Crippen LogP contribution in [0.1, 0.15) is 15.9 Å². The summed E-state index contributed by atoms with van der Waals surface area (Å²) >= 11 is 5.11. The lowest BCUT2D eigenvalue weighted by atomic mass is 10.0. The number of hydrogen-bond acceptors (Lipinski definition) is 3. The van der Waals surface area contributed by atoms with Gasteiger partial charge in [-0.3, -0.25) is 14.9 Å². The number of nitro benzene ring substituents is 1. The van der Waals surface area contributed by atoms with Gasteiger partial charge in [0.25, 0.3) is 11.5 Å². The molecule has 0 aromatic heterocycles. The van der Waals surface area contributed by atoms with E-state index in [1.54, 1.807) is 0 Å². The number of carbonyl (C=O) groups is 1. The Balaban J connectivity index is 3.68. The van der Waals surface area contributed by atoms with Gasteiger partial charge in [0, 0.05) is 11.6 Å². The predicted molar refractivity (Wildman–Crippen MR) is 53.5 cm³/mol. The Hall–Kier alpha value is -1.84. The van der Waals surface area contributed by atoms with E-state index in [1.165, 1.54) is 0 Å². The molecule has 20 heavy (non-hydrogen) atoms. The number of benzene rings is 1. The van der Waals surface area contributed by atoms with Crippen molar-refractivity contribution in [2.45, 2.75) is 12.4 Å². The number of rotatable bonds is 2. The minimum Gasteiger partial charge on any atom is -0.284 e. The van der Waals surface area contributed by atoms with E-state index in [0.717, 1.165) is 0 Å². The van der Waals surface area contributed by atoms with Gasteiger partial charge in [-0.05, 0) is 6.07 Å². The Bertz CT molecular complexity index is 580. The van der Waals surface area contributed by atoms with E-state index in [2.05, 4.69) is 0 Å². The van der Waals surface area contributed by atoms with Gasteiger partial charge < -0.3 is 0 Å². The number of nitrogens with zero attached hydrogens (tertiary/aromatic N) is 1. The minimum absolute atomic E-state index is 0.0721. The van der Waals surface area contributed by atoms with Crippen LogP contribution >= 0.6 is 11.6 Å². The smallest absolute Gasteiger partial charge is 0.284 e. The zero-order valence-electron chi connectivity index (χ0n) is 8.97. The average molecular weight is 322 g/mol. The normalized spacial score (nSPS) is 12.3. The molecular weight excluding hydrogens is 320 g/mol. The molecule has 0 bridgehead atoms. The predicted octanol–water partition coefficient (Wildman–Crippen LogP) is 4.01. The summed E-state index contributed by atoms with van der Waals surface area (Å²) in [6, 6.07) is 0.374. The SMILES string of the molecule is O=C(c1ccc([N+](=O)[O-])c(Cl)c1C(F)(F)F)C(F)(F)F. The van der Waals surface area contributed by atoms with Crippen LogP contribution in [0.5, 0.6) is 0 Å². The first-order valence-electron chi connectivity index (χ1n) is 4.53. The number of Topliss-reactive ketones (excluding diaryl/α,β-unsaturated/α-hetero) is 1. The molecule has 4 nitrogen and oxygen atoms in total. The van der Waals surface area contributed by atoms with Crippen LogP contribution in [0.2, 0.25) is 5.02 Å². The number of hydrogen-bond donors (Lipinski definition) is 0. The van der Waals surface area contributed by atoms with Gasteiger partial charge in [0.15, 0.2) is 0 Å². The third kappa shape index (κ3) is 3.00. The number of alkyl halides is 6. The van der Waals surface area contributed by atoms with Crippen LogP contribution in [0.25, 0.3) is 0 Å². The Morgan fingerprint density at radius 1 is 1.15 bits per heavy atom. The summed E-state index contributed by atoms with van der Waals surface area (Å²) in [4.78, 5) is 20.0. The Morgan fingerprint density at radius 2 is 1.65 bits per heavy atom. The lowest BCUT2D eigenvalue weighted by Gasteiger charge is -2.14. The molecule has 1 aromatic rings. The number of ketones is 1. The van der Waals surface area contributed by atoms with E-state index in [-0.39, 0.29) is 6.07 Å². The Kier molecular flexibility index (Phi) is 3.99. The van der Waals surface area contributed by atoms with Crippen LogP contribution in [0.4, 0.5) is 32.0 Å². The topological polar surface area (TPSA) is 60.2 Å². The van der Waals surface area contributed by atoms with E-state index in [1.807, 2.05) is 0 Å². The van der Waals surface area contributed by atoms with E-state index < -0.39 is 44.9 Å². The molecule has 11 heteroatoms. The largest absolute Gasteiger partial charge is 0.454 e. The molecule has 0 heterocycles. The third-order valence-corrected chi connectivity index (χ3v) is 2.49. The van der Waals surface area contributed by atoms with Crippen LogP contribution in [-0.2, 0) is 6.18 Å². The maximum absolute atomic E-state index is 12.7. The molecule has 0 aliphatic carbocycles. The number of halogens is 7. The second-order valence-corrected chi connectivity index (χ2v) is 3.78. The zero-order valence-corrected chi connectivity index (χ0v) is 9.73. The van der Waals surface area contributed by atoms with Crippen molar-refractivity contribution in [3.63, 3.8) is 0 Å². The highest BCUT2D eigenvalue weighted by Gasteiger charge is 2.47. The third-order valence-electron chi connectivity index (χ3n) is 2.10. The molecule has 0 saturated carbocycles. The summed E-state index contributed by atoms with van der Waals surface area (Å²) in [5.74, 6) is -2.79. The molecule has 0 atom stereocenters. The van der Waals surface area contributed by atoms with Gasteiger partial charge in [-0.25, -0.2) is 0 Å². The fourth-order valence-corrected chi connectivity index (χ4v) is 1.67. The quantitative estimate of drug-likeness (QED) is 0.358. The van der Waals surface area contributed by atoms with Gasteiger partial charge in [0.05, 0.1) is 10.5 Å². The minimum atomic E-state index is -5.57. The highest BCUT2D eigenvalue weighted by molar-refractivity contribution is 6.34. The maximum Gasteiger partial charge on any atom is 0.454 e. The van der Waals surface area contributed by atoms with E-state index >= 15 is 0 Å². The van der Waals surface area contributed by atoms with Crippen LogP contribution < -0.4 is 0 Å². The van der Waals surface area contributed by atoms with E-state index in [4.69, 9.17) is 11.6 Å². The van der Waals surface area contributed by atoms with Crippen molar-refractivity contribution in [3.05, 3.63) is 38.4 Å². The molecule has 0 unspecified atom stereocenters. The van der Waals surface area contributed by atoms with Gasteiger partial charge in [-0.15, -0.1) is 0 Å². The molecule has 0 aliphatic rings. The van der Waals surface area contributed by atoms with Crippen LogP contribution in [0.3, 0.4) is 0 Å². The molecule has 0 spiro atoms. The first kappa shape index (κ1) is 16.2. The van der Waals surface area contributed by atoms with Crippen LogP contribution in [0, 0.1) is 10.1 Å². The van der Waals surface area contributed by atoms with Crippen molar-refractivity contribution in [3.8, 4) is 0 Å². The fraction of sp³-hybridized carbons (Fsp3) is 0.222. The highest BCUT2D eigenvalue weighted by atomic mass is 35.5. The second kappa shape index (κ2) is 4.93. The van der Waals surface area contributed by atoms with E-state index in [0.29, 0.717) is 6.07 Å². The molecule has 0 aliphatic heterocycles. The number of nitro groups is 1. The van der Waals surface area contributed by atoms with Crippen LogP contribution in [0.15, 0.2) is 12.1 Å². The Labute approximate surface area is 111 Å². The summed E-state index contributed by atoms with van der Waals surface area (Å²) in [6.07, 6.45) is -11.0. The maximum atomic E-state index is 12.7. The van der Waals surface area contributed by atoms with Gasteiger partial charge >= 0.3 is 12.4 Å².